The molecule has 2 heterocycles. The van der Waals surface area contributed by atoms with Crippen molar-refractivity contribution in [3.63, 3.8) is 0 Å². The third kappa shape index (κ3) is 3.60. The molecular weight excluding hydrogens is 279 g/mol. The summed E-state index contributed by atoms with van der Waals surface area (Å²) in [7, 11) is 0. The topological polar surface area (TPSA) is 43.1 Å². The van der Waals surface area contributed by atoms with Crippen LogP contribution in [-0.4, -0.2) is 11.3 Å². The first kappa shape index (κ1) is 13.7. The molecule has 0 aliphatic carbocycles. The lowest BCUT2D eigenvalue weighted by Gasteiger charge is -2.06. The Balaban J connectivity index is 1.98. The van der Waals surface area contributed by atoms with Crippen LogP contribution in [0.5, 0.6) is 0 Å². The van der Waals surface area contributed by atoms with Gasteiger partial charge in [0.15, 0.2) is 12.0 Å². The SMILES string of the molecule is O=Cc1ccc(CSc2ccc(C(F)(F)F)cn2)o1. The minimum Gasteiger partial charge on any atom is -0.457 e. The van der Waals surface area contributed by atoms with Gasteiger partial charge in [-0.15, -0.1) is 0 Å². The van der Waals surface area contributed by atoms with Crippen molar-refractivity contribution in [2.75, 3.05) is 0 Å². The van der Waals surface area contributed by atoms with Crippen LogP contribution in [0.4, 0.5) is 13.2 Å². The molecular formula is C12H8F3NO2S. The van der Waals surface area contributed by atoms with Crippen molar-refractivity contribution in [2.24, 2.45) is 0 Å². The quantitative estimate of drug-likeness (QED) is 0.633. The number of carbonyl (C=O) groups excluding carboxylic acids is 1. The number of hydrogen-bond acceptors (Lipinski definition) is 4. The fourth-order valence-corrected chi connectivity index (χ4v) is 2.05. The molecule has 0 aliphatic rings. The van der Waals surface area contributed by atoms with Gasteiger partial charge in [-0.05, 0) is 24.3 Å². The zero-order valence-corrected chi connectivity index (χ0v) is 10.3. The van der Waals surface area contributed by atoms with Crippen molar-refractivity contribution in [3.8, 4) is 0 Å². The maximum absolute atomic E-state index is 12.3. The molecule has 0 spiro atoms. The molecule has 3 nitrogen and oxygen atoms in total. The number of nitrogens with zero attached hydrogens (tertiary/aromatic N) is 1. The van der Waals surface area contributed by atoms with E-state index in [9.17, 15) is 18.0 Å². The number of halogens is 3. The first-order valence-corrected chi connectivity index (χ1v) is 6.17. The molecule has 0 fully saturated rings. The fourth-order valence-electron chi connectivity index (χ4n) is 1.31. The molecule has 100 valence electrons. The van der Waals surface area contributed by atoms with Gasteiger partial charge >= 0.3 is 6.18 Å². The van der Waals surface area contributed by atoms with Crippen molar-refractivity contribution in [1.29, 1.82) is 0 Å². The van der Waals surface area contributed by atoms with E-state index in [1.807, 2.05) is 0 Å². The zero-order chi connectivity index (χ0) is 13.9. The standard InChI is InChI=1S/C12H8F3NO2S/c13-12(14,15)8-1-4-11(16-5-8)19-7-10-3-2-9(6-17)18-10/h1-6H,7H2. The van der Waals surface area contributed by atoms with Gasteiger partial charge in [0.25, 0.3) is 0 Å². The molecule has 2 rings (SSSR count). The third-order valence-corrected chi connectivity index (χ3v) is 3.19. The summed E-state index contributed by atoms with van der Waals surface area (Å²) in [5, 5.41) is 0.456. The maximum atomic E-state index is 12.3. The summed E-state index contributed by atoms with van der Waals surface area (Å²) in [5.41, 5.74) is -0.780. The van der Waals surface area contributed by atoms with Crippen LogP contribution >= 0.6 is 11.8 Å². The molecule has 7 heteroatoms. The van der Waals surface area contributed by atoms with E-state index in [0.717, 1.165) is 12.3 Å². The molecule has 0 aromatic carbocycles. The van der Waals surface area contributed by atoms with Gasteiger partial charge in [0.2, 0.25) is 0 Å². The van der Waals surface area contributed by atoms with Gasteiger partial charge in [-0.3, -0.25) is 4.79 Å². The van der Waals surface area contributed by atoms with Gasteiger partial charge in [0.05, 0.1) is 16.3 Å². The number of thioether (sulfide) groups is 1. The fraction of sp³-hybridized carbons (Fsp3) is 0.167. The molecule has 2 aromatic rings. The Morgan fingerprint density at radius 1 is 1.26 bits per heavy atom. The lowest BCUT2D eigenvalue weighted by molar-refractivity contribution is -0.137. The van der Waals surface area contributed by atoms with E-state index in [1.165, 1.54) is 23.9 Å². The summed E-state index contributed by atoms with van der Waals surface area (Å²) >= 11 is 1.23. The molecule has 0 saturated heterocycles. The number of hydrogen-bond donors (Lipinski definition) is 0. The van der Waals surface area contributed by atoms with Crippen LogP contribution in [0.2, 0.25) is 0 Å². The molecule has 0 atom stereocenters. The van der Waals surface area contributed by atoms with E-state index in [1.54, 1.807) is 6.07 Å². The van der Waals surface area contributed by atoms with Gasteiger partial charge in [0.1, 0.15) is 5.76 Å². The van der Waals surface area contributed by atoms with Gasteiger partial charge in [-0.2, -0.15) is 13.2 Å². The highest BCUT2D eigenvalue weighted by atomic mass is 32.2. The van der Waals surface area contributed by atoms with E-state index in [2.05, 4.69) is 4.98 Å². The van der Waals surface area contributed by atoms with E-state index in [4.69, 9.17) is 4.42 Å². The number of aldehydes is 1. The third-order valence-electron chi connectivity index (χ3n) is 2.22. The van der Waals surface area contributed by atoms with Gasteiger partial charge < -0.3 is 4.42 Å². The second-order valence-electron chi connectivity index (χ2n) is 3.59. The van der Waals surface area contributed by atoms with Crippen LogP contribution in [-0.2, 0) is 11.9 Å². The molecule has 0 amide bonds. The molecule has 0 unspecified atom stereocenters. The Morgan fingerprint density at radius 3 is 2.58 bits per heavy atom. The summed E-state index contributed by atoms with van der Waals surface area (Å²) in [6.45, 7) is 0. The van der Waals surface area contributed by atoms with Crippen molar-refractivity contribution in [3.05, 3.63) is 47.5 Å². The predicted octanol–water partition coefficient (Wildman–Crippen LogP) is 3.80. The summed E-state index contributed by atoms with van der Waals surface area (Å²) in [6, 6.07) is 5.45. The van der Waals surface area contributed by atoms with E-state index < -0.39 is 11.7 Å². The average Bonchev–Trinajstić information content (AvgIpc) is 2.84. The highest BCUT2D eigenvalue weighted by molar-refractivity contribution is 7.98. The predicted molar refractivity (Wildman–Crippen MR) is 62.9 cm³/mol. The van der Waals surface area contributed by atoms with Crippen LogP contribution in [0.1, 0.15) is 21.9 Å². The largest absolute Gasteiger partial charge is 0.457 e. The molecule has 0 N–H and O–H groups in total. The Hall–Kier alpha value is -1.76. The smallest absolute Gasteiger partial charge is 0.417 e. The Morgan fingerprint density at radius 2 is 2.05 bits per heavy atom. The Labute approximate surface area is 110 Å². The summed E-state index contributed by atoms with van der Waals surface area (Å²) < 4.78 is 42.1. The molecule has 0 bridgehead atoms. The number of pyridine rings is 1. The average molecular weight is 287 g/mol. The lowest BCUT2D eigenvalue weighted by atomic mass is 10.3. The minimum absolute atomic E-state index is 0.218. The van der Waals surface area contributed by atoms with Crippen LogP contribution in [0.15, 0.2) is 39.9 Å². The molecule has 19 heavy (non-hydrogen) atoms. The van der Waals surface area contributed by atoms with Crippen molar-refractivity contribution >= 4 is 18.0 Å². The van der Waals surface area contributed by atoms with E-state index >= 15 is 0 Å². The summed E-state index contributed by atoms with van der Waals surface area (Å²) in [5.74, 6) is 1.18. The van der Waals surface area contributed by atoms with Gasteiger partial charge in [-0.25, -0.2) is 4.98 Å². The monoisotopic (exact) mass is 287 g/mol. The van der Waals surface area contributed by atoms with Crippen LogP contribution in [0.25, 0.3) is 0 Å². The lowest BCUT2D eigenvalue weighted by Crippen LogP contribution is -2.05. The van der Waals surface area contributed by atoms with Gasteiger partial charge in [-0.1, -0.05) is 11.8 Å². The highest BCUT2D eigenvalue weighted by Gasteiger charge is 2.30. The first-order chi connectivity index (χ1) is 8.99. The number of rotatable bonds is 4. The Kier molecular flexibility index (Phi) is 3.94. The number of aromatic nitrogens is 1. The molecule has 0 saturated carbocycles. The first-order valence-electron chi connectivity index (χ1n) is 5.19. The second kappa shape index (κ2) is 5.48. The highest BCUT2D eigenvalue weighted by Crippen LogP contribution is 2.30. The van der Waals surface area contributed by atoms with Crippen molar-refractivity contribution in [1.82, 2.24) is 4.98 Å². The minimum atomic E-state index is -4.38. The normalized spacial score (nSPS) is 11.5. The number of furan rings is 1. The summed E-state index contributed by atoms with van der Waals surface area (Å²) in [6.07, 6.45) is -3.00. The molecule has 0 aliphatic heterocycles. The summed E-state index contributed by atoms with van der Waals surface area (Å²) in [4.78, 5) is 14.1. The van der Waals surface area contributed by atoms with Crippen molar-refractivity contribution < 1.29 is 22.4 Å². The number of carbonyl (C=O) groups is 1. The van der Waals surface area contributed by atoms with Crippen LogP contribution in [0, 0.1) is 0 Å². The van der Waals surface area contributed by atoms with Crippen LogP contribution < -0.4 is 0 Å². The van der Waals surface area contributed by atoms with Crippen LogP contribution in [0.3, 0.4) is 0 Å². The number of alkyl halides is 3. The van der Waals surface area contributed by atoms with E-state index in [0.29, 0.717) is 22.8 Å². The molecule has 0 radical (unpaired) electrons. The van der Waals surface area contributed by atoms with Crippen molar-refractivity contribution in [2.45, 2.75) is 17.0 Å². The van der Waals surface area contributed by atoms with Gasteiger partial charge in [0, 0.05) is 6.20 Å². The Bertz CT molecular complexity index is 563. The molecule has 2 aromatic heterocycles. The van der Waals surface area contributed by atoms with E-state index in [-0.39, 0.29) is 5.76 Å². The second-order valence-corrected chi connectivity index (χ2v) is 4.59. The maximum Gasteiger partial charge on any atom is 0.417 e. The zero-order valence-electron chi connectivity index (χ0n) is 9.48.